The van der Waals surface area contributed by atoms with Gasteiger partial charge in [0.15, 0.2) is 11.2 Å². The van der Waals surface area contributed by atoms with E-state index in [4.69, 9.17) is 0 Å². The average Bonchev–Trinajstić information content (AvgIpc) is 3.06. The maximum absolute atomic E-state index is 13.2. The summed E-state index contributed by atoms with van der Waals surface area (Å²) >= 11 is 0. The molecule has 0 N–H and O–H groups in total. The summed E-state index contributed by atoms with van der Waals surface area (Å²) in [4.78, 5) is 13.2. The van der Waals surface area contributed by atoms with Gasteiger partial charge in [0, 0.05) is 12.2 Å². The third kappa shape index (κ3) is 2.55. The first kappa shape index (κ1) is 17.1. The Morgan fingerprint density at radius 3 is 2.61 bits per heavy atom. The number of pyridine rings is 1. The highest BCUT2D eigenvalue weighted by atomic mass is 16.1. The van der Waals surface area contributed by atoms with Crippen LogP contribution in [0, 0.1) is 12.8 Å². The van der Waals surface area contributed by atoms with Crippen LogP contribution in [0.3, 0.4) is 0 Å². The van der Waals surface area contributed by atoms with Crippen LogP contribution in [0.4, 0.5) is 0 Å². The molecule has 3 heterocycles. The highest BCUT2D eigenvalue weighted by Gasteiger charge is 2.25. The van der Waals surface area contributed by atoms with Gasteiger partial charge < -0.3 is 4.57 Å². The van der Waals surface area contributed by atoms with Crippen LogP contribution < -0.4 is 5.56 Å². The average molecular weight is 373 g/mol. The maximum Gasteiger partial charge on any atom is 0.280 e. The second-order valence-electron chi connectivity index (χ2n) is 7.85. The Morgan fingerprint density at radius 2 is 1.82 bits per heavy atom. The fraction of sp³-hybridized carbons (Fsp3) is 0.364. The number of aryl methyl sites for hydroxylation is 1. The van der Waals surface area contributed by atoms with E-state index in [9.17, 15) is 4.79 Å². The summed E-state index contributed by atoms with van der Waals surface area (Å²) in [5.74, 6) is 0.497. The molecule has 0 amide bonds. The van der Waals surface area contributed by atoms with Gasteiger partial charge in [-0.05, 0) is 37.3 Å². The smallest absolute Gasteiger partial charge is 0.280 e. The van der Waals surface area contributed by atoms with Gasteiger partial charge in [0.2, 0.25) is 0 Å². The molecular weight excluding hydrogens is 350 g/mol. The van der Waals surface area contributed by atoms with Crippen molar-refractivity contribution in [3.63, 3.8) is 0 Å². The predicted octanol–water partition coefficient (Wildman–Crippen LogP) is 4.17. The van der Waals surface area contributed by atoms with Crippen LogP contribution in [0.2, 0.25) is 0 Å². The SMILES string of the molecule is Cc1nn2c(nnc3c(=O)n([C@@H]4CCCC[C@H]4C)ccc32)c1-c1ccccc1. The zero-order chi connectivity index (χ0) is 19.3. The lowest BCUT2D eigenvalue weighted by atomic mass is 9.85. The molecule has 142 valence electrons. The lowest BCUT2D eigenvalue weighted by molar-refractivity contribution is 0.253. The lowest BCUT2D eigenvalue weighted by Crippen LogP contribution is -2.31. The monoisotopic (exact) mass is 373 g/mol. The van der Waals surface area contributed by atoms with Crippen molar-refractivity contribution in [2.75, 3.05) is 0 Å². The minimum atomic E-state index is -0.0694. The fourth-order valence-electron chi connectivity index (χ4n) is 4.58. The number of benzene rings is 1. The first-order valence-electron chi connectivity index (χ1n) is 9.97. The molecule has 6 heteroatoms. The van der Waals surface area contributed by atoms with Crippen molar-refractivity contribution in [2.24, 2.45) is 5.92 Å². The van der Waals surface area contributed by atoms with E-state index in [1.807, 2.05) is 54.1 Å². The topological polar surface area (TPSA) is 65.1 Å². The number of aromatic nitrogens is 5. The predicted molar refractivity (Wildman–Crippen MR) is 109 cm³/mol. The van der Waals surface area contributed by atoms with Crippen LogP contribution in [-0.4, -0.2) is 24.4 Å². The normalized spacial score (nSPS) is 20.1. The second kappa shape index (κ2) is 6.55. The Balaban J connectivity index is 1.72. The summed E-state index contributed by atoms with van der Waals surface area (Å²) in [6, 6.07) is 12.3. The molecular formula is C22H23N5O. The number of nitrogens with zero attached hydrogens (tertiary/aromatic N) is 5. The summed E-state index contributed by atoms with van der Waals surface area (Å²) in [6.45, 7) is 4.20. The minimum Gasteiger partial charge on any atom is -0.310 e. The highest BCUT2D eigenvalue weighted by Crippen LogP contribution is 2.33. The Morgan fingerprint density at radius 1 is 1.04 bits per heavy atom. The van der Waals surface area contributed by atoms with Crippen LogP contribution in [-0.2, 0) is 0 Å². The fourth-order valence-corrected chi connectivity index (χ4v) is 4.58. The molecule has 5 rings (SSSR count). The van der Waals surface area contributed by atoms with Crippen molar-refractivity contribution in [2.45, 2.75) is 45.6 Å². The van der Waals surface area contributed by atoms with Crippen LogP contribution in [0.15, 0.2) is 47.4 Å². The summed E-state index contributed by atoms with van der Waals surface area (Å²) in [5.41, 5.74) is 4.58. The largest absolute Gasteiger partial charge is 0.310 e. The molecule has 1 aliphatic rings. The molecule has 1 saturated carbocycles. The number of fused-ring (bicyclic) bond motifs is 3. The number of rotatable bonds is 2. The van der Waals surface area contributed by atoms with E-state index in [1.54, 1.807) is 4.52 Å². The number of hydrogen-bond donors (Lipinski definition) is 0. The van der Waals surface area contributed by atoms with E-state index in [-0.39, 0.29) is 11.6 Å². The van der Waals surface area contributed by atoms with E-state index in [0.29, 0.717) is 22.6 Å². The van der Waals surface area contributed by atoms with Gasteiger partial charge in [0.05, 0.1) is 11.3 Å². The standard InChI is InChI=1S/C22H23N5O/c1-14-8-6-7-11-17(14)26-13-12-18-20(22(26)28)23-24-21-19(15(2)25-27(18)21)16-9-4-3-5-10-16/h3-5,9-10,12-14,17H,6-8,11H2,1-2H3/t14-,17-/m1/s1. The summed E-state index contributed by atoms with van der Waals surface area (Å²) in [6.07, 6.45) is 6.54. The Labute approximate surface area is 162 Å². The van der Waals surface area contributed by atoms with E-state index in [1.165, 1.54) is 19.3 Å². The van der Waals surface area contributed by atoms with Gasteiger partial charge in [-0.3, -0.25) is 4.79 Å². The lowest BCUT2D eigenvalue weighted by Gasteiger charge is -2.30. The molecule has 0 spiro atoms. The van der Waals surface area contributed by atoms with Gasteiger partial charge in [-0.15, -0.1) is 10.2 Å². The van der Waals surface area contributed by atoms with Crippen LogP contribution in [0.5, 0.6) is 0 Å². The van der Waals surface area contributed by atoms with Crippen molar-refractivity contribution in [3.8, 4) is 11.1 Å². The number of hydrogen-bond acceptors (Lipinski definition) is 4. The van der Waals surface area contributed by atoms with Crippen molar-refractivity contribution >= 4 is 16.7 Å². The maximum atomic E-state index is 13.2. The highest BCUT2D eigenvalue weighted by molar-refractivity contribution is 5.84. The minimum absolute atomic E-state index is 0.0694. The van der Waals surface area contributed by atoms with Crippen molar-refractivity contribution in [1.29, 1.82) is 0 Å². The molecule has 0 bridgehead atoms. The van der Waals surface area contributed by atoms with Crippen molar-refractivity contribution in [1.82, 2.24) is 24.4 Å². The molecule has 1 fully saturated rings. The Hall–Kier alpha value is -3.02. The van der Waals surface area contributed by atoms with Crippen LogP contribution in [0.25, 0.3) is 27.8 Å². The summed E-state index contributed by atoms with van der Waals surface area (Å²) in [7, 11) is 0. The van der Waals surface area contributed by atoms with Crippen molar-refractivity contribution < 1.29 is 0 Å². The third-order valence-corrected chi connectivity index (χ3v) is 6.07. The van der Waals surface area contributed by atoms with Gasteiger partial charge >= 0.3 is 0 Å². The van der Waals surface area contributed by atoms with Crippen LogP contribution in [0.1, 0.15) is 44.3 Å². The van der Waals surface area contributed by atoms with Gasteiger partial charge in [-0.2, -0.15) is 5.10 Å². The Bertz CT molecular complexity index is 1220. The van der Waals surface area contributed by atoms with Crippen LogP contribution >= 0.6 is 0 Å². The third-order valence-electron chi connectivity index (χ3n) is 6.07. The first-order chi connectivity index (χ1) is 13.6. The molecule has 1 aliphatic carbocycles. The van der Waals surface area contributed by atoms with Gasteiger partial charge in [-0.25, -0.2) is 4.52 Å². The van der Waals surface area contributed by atoms with Crippen molar-refractivity contribution in [3.05, 3.63) is 58.6 Å². The summed E-state index contributed by atoms with van der Waals surface area (Å²) < 4.78 is 3.62. The zero-order valence-corrected chi connectivity index (χ0v) is 16.2. The molecule has 3 aromatic heterocycles. The zero-order valence-electron chi connectivity index (χ0n) is 16.2. The van der Waals surface area contributed by atoms with E-state index in [2.05, 4.69) is 22.2 Å². The molecule has 28 heavy (non-hydrogen) atoms. The molecule has 0 unspecified atom stereocenters. The van der Waals surface area contributed by atoms with E-state index >= 15 is 0 Å². The molecule has 2 atom stereocenters. The molecule has 6 nitrogen and oxygen atoms in total. The van der Waals surface area contributed by atoms with Gasteiger partial charge in [0.25, 0.3) is 5.56 Å². The molecule has 0 saturated heterocycles. The van der Waals surface area contributed by atoms with Gasteiger partial charge in [-0.1, -0.05) is 50.1 Å². The summed E-state index contributed by atoms with van der Waals surface area (Å²) in [5, 5.41) is 13.4. The van der Waals surface area contributed by atoms with E-state index < -0.39 is 0 Å². The molecule has 0 aliphatic heterocycles. The quantitative estimate of drug-likeness (QED) is 0.529. The Kier molecular flexibility index (Phi) is 4.00. The first-order valence-corrected chi connectivity index (χ1v) is 9.97. The van der Waals surface area contributed by atoms with E-state index in [0.717, 1.165) is 23.2 Å². The van der Waals surface area contributed by atoms with Gasteiger partial charge in [0.1, 0.15) is 5.52 Å². The molecule has 1 aromatic carbocycles. The molecule has 4 aromatic rings. The molecule has 0 radical (unpaired) electrons. The second-order valence-corrected chi connectivity index (χ2v) is 7.85.